The number of anilines is 1. The number of carboxylic acid groups (broad SMARTS) is 1. The van der Waals surface area contributed by atoms with Crippen LogP contribution in [0.15, 0.2) is 18.2 Å². The van der Waals surface area contributed by atoms with Crippen LogP contribution in [0, 0.1) is 24.4 Å². The highest BCUT2D eigenvalue weighted by Gasteiger charge is 2.24. The molecule has 20 heavy (non-hydrogen) atoms. The van der Waals surface area contributed by atoms with Crippen molar-refractivity contribution in [2.75, 3.05) is 5.73 Å². The Bertz CT molecular complexity index is 697. The highest BCUT2D eigenvalue weighted by atomic mass is 19.1. The quantitative estimate of drug-likeness (QED) is 0.888. The van der Waals surface area contributed by atoms with Gasteiger partial charge in [0.25, 0.3) is 0 Å². The molecule has 0 unspecified atom stereocenters. The standard InChI is InChI=1S/C13H9F3N2O2/c1-5-9(16)11(18-12(10(5)17)13(19)20)8-6(14)3-2-4-7(8)15/h2-4H,17H2,1H3,(H,19,20). The summed E-state index contributed by atoms with van der Waals surface area (Å²) >= 11 is 0. The number of carboxylic acids is 1. The summed E-state index contributed by atoms with van der Waals surface area (Å²) in [6, 6.07) is 2.95. The molecule has 0 saturated carbocycles. The molecule has 0 fully saturated rings. The number of hydrogen-bond acceptors (Lipinski definition) is 3. The predicted octanol–water partition coefficient (Wildman–Crippen LogP) is 2.75. The summed E-state index contributed by atoms with van der Waals surface area (Å²) in [4.78, 5) is 14.4. The third-order valence-electron chi connectivity index (χ3n) is 2.82. The van der Waals surface area contributed by atoms with Crippen LogP contribution in [0.4, 0.5) is 18.9 Å². The van der Waals surface area contributed by atoms with E-state index in [2.05, 4.69) is 4.98 Å². The molecule has 0 amide bonds. The number of nitrogen functional groups attached to an aromatic ring is 1. The minimum Gasteiger partial charge on any atom is -0.476 e. The zero-order valence-corrected chi connectivity index (χ0v) is 10.2. The van der Waals surface area contributed by atoms with Crippen LogP contribution in [-0.4, -0.2) is 16.1 Å². The van der Waals surface area contributed by atoms with Gasteiger partial charge in [-0.1, -0.05) is 6.07 Å². The minimum absolute atomic E-state index is 0.227. The number of rotatable bonds is 2. The zero-order valence-electron chi connectivity index (χ0n) is 10.2. The van der Waals surface area contributed by atoms with Crippen molar-refractivity contribution < 1.29 is 23.1 Å². The average molecular weight is 282 g/mol. The molecule has 2 aromatic rings. The number of aromatic nitrogens is 1. The maximum Gasteiger partial charge on any atom is 0.356 e. The summed E-state index contributed by atoms with van der Waals surface area (Å²) in [5.74, 6) is -4.66. The topological polar surface area (TPSA) is 76.2 Å². The van der Waals surface area contributed by atoms with Gasteiger partial charge in [0.15, 0.2) is 11.5 Å². The molecule has 0 spiro atoms. The summed E-state index contributed by atoms with van der Waals surface area (Å²) < 4.78 is 41.4. The fraction of sp³-hybridized carbons (Fsp3) is 0.0769. The van der Waals surface area contributed by atoms with Gasteiger partial charge in [-0.2, -0.15) is 0 Å². The average Bonchev–Trinajstić information content (AvgIpc) is 2.38. The van der Waals surface area contributed by atoms with Crippen molar-refractivity contribution in [3.63, 3.8) is 0 Å². The van der Waals surface area contributed by atoms with E-state index in [1.165, 1.54) is 6.92 Å². The summed E-state index contributed by atoms with van der Waals surface area (Å²) in [5, 5.41) is 8.94. The lowest BCUT2D eigenvalue weighted by Crippen LogP contribution is -2.11. The molecule has 0 radical (unpaired) electrons. The second-order valence-electron chi connectivity index (χ2n) is 4.06. The second-order valence-corrected chi connectivity index (χ2v) is 4.06. The molecule has 2 rings (SSSR count). The summed E-state index contributed by atoms with van der Waals surface area (Å²) in [7, 11) is 0. The summed E-state index contributed by atoms with van der Waals surface area (Å²) in [6.07, 6.45) is 0. The van der Waals surface area contributed by atoms with Crippen molar-refractivity contribution in [2.45, 2.75) is 6.92 Å². The summed E-state index contributed by atoms with van der Waals surface area (Å²) in [5.41, 5.74) is 2.74. The van der Waals surface area contributed by atoms with Crippen molar-refractivity contribution in [1.82, 2.24) is 4.98 Å². The van der Waals surface area contributed by atoms with Gasteiger partial charge in [0, 0.05) is 5.56 Å². The molecule has 7 heteroatoms. The van der Waals surface area contributed by atoms with Crippen LogP contribution in [0.25, 0.3) is 11.3 Å². The lowest BCUT2D eigenvalue weighted by Gasteiger charge is -2.11. The number of carbonyl (C=O) groups is 1. The fourth-order valence-electron chi connectivity index (χ4n) is 1.75. The Morgan fingerprint density at radius 1 is 1.25 bits per heavy atom. The Kier molecular flexibility index (Phi) is 3.35. The van der Waals surface area contributed by atoms with E-state index in [4.69, 9.17) is 10.8 Å². The molecular formula is C13H9F3N2O2. The van der Waals surface area contributed by atoms with E-state index in [1.807, 2.05) is 0 Å². The van der Waals surface area contributed by atoms with E-state index in [0.717, 1.165) is 18.2 Å². The highest BCUT2D eigenvalue weighted by Crippen LogP contribution is 2.31. The normalized spacial score (nSPS) is 10.6. The van der Waals surface area contributed by atoms with E-state index < -0.39 is 40.4 Å². The number of benzene rings is 1. The van der Waals surface area contributed by atoms with Gasteiger partial charge in [-0.25, -0.2) is 22.9 Å². The number of hydrogen-bond donors (Lipinski definition) is 2. The molecule has 1 heterocycles. The SMILES string of the molecule is Cc1c(N)c(C(=O)O)nc(-c2c(F)cccc2F)c1F. The number of pyridine rings is 1. The molecule has 4 nitrogen and oxygen atoms in total. The molecule has 1 aromatic carbocycles. The van der Waals surface area contributed by atoms with Gasteiger partial charge in [0.1, 0.15) is 17.3 Å². The van der Waals surface area contributed by atoms with Gasteiger partial charge < -0.3 is 10.8 Å². The predicted molar refractivity (Wildman–Crippen MR) is 65.7 cm³/mol. The van der Waals surface area contributed by atoms with E-state index in [9.17, 15) is 18.0 Å². The maximum atomic E-state index is 14.1. The lowest BCUT2D eigenvalue weighted by molar-refractivity contribution is 0.0691. The number of aromatic carboxylic acids is 1. The van der Waals surface area contributed by atoms with Gasteiger partial charge in [0.2, 0.25) is 0 Å². The Balaban J connectivity index is 2.85. The van der Waals surface area contributed by atoms with Crippen LogP contribution >= 0.6 is 0 Å². The third-order valence-corrected chi connectivity index (χ3v) is 2.82. The van der Waals surface area contributed by atoms with Crippen LogP contribution in [-0.2, 0) is 0 Å². The summed E-state index contributed by atoms with van der Waals surface area (Å²) in [6.45, 7) is 1.21. The number of nitrogens with zero attached hydrogens (tertiary/aromatic N) is 1. The van der Waals surface area contributed by atoms with Gasteiger partial charge in [-0.3, -0.25) is 0 Å². The van der Waals surface area contributed by atoms with Crippen LogP contribution in [0.1, 0.15) is 16.1 Å². The number of nitrogens with two attached hydrogens (primary N) is 1. The first-order valence-corrected chi connectivity index (χ1v) is 5.47. The van der Waals surface area contributed by atoms with E-state index in [0.29, 0.717) is 0 Å². The molecule has 3 N–H and O–H groups in total. The van der Waals surface area contributed by atoms with Crippen molar-refractivity contribution >= 4 is 11.7 Å². The highest BCUT2D eigenvalue weighted by molar-refractivity contribution is 5.93. The second kappa shape index (κ2) is 4.84. The van der Waals surface area contributed by atoms with Gasteiger partial charge >= 0.3 is 5.97 Å². The molecule has 0 aliphatic heterocycles. The fourth-order valence-corrected chi connectivity index (χ4v) is 1.75. The monoisotopic (exact) mass is 282 g/mol. The Morgan fingerprint density at radius 3 is 2.30 bits per heavy atom. The van der Waals surface area contributed by atoms with Crippen LogP contribution in [0.3, 0.4) is 0 Å². The van der Waals surface area contributed by atoms with Crippen LogP contribution in [0.2, 0.25) is 0 Å². The molecule has 0 aliphatic rings. The van der Waals surface area contributed by atoms with E-state index >= 15 is 0 Å². The molecule has 104 valence electrons. The van der Waals surface area contributed by atoms with Gasteiger partial charge in [-0.05, 0) is 19.1 Å². The van der Waals surface area contributed by atoms with Crippen molar-refractivity contribution in [3.8, 4) is 11.3 Å². The smallest absolute Gasteiger partial charge is 0.356 e. The van der Waals surface area contributed by atoms with Crippen molar-refractivity contribution in [3.05, 3.63) is 46.9 Å². The Morgan fingerprint density at radius 2 is 1.80 bits per heavy atom. The third kappa shape index (κ3) is 2.07. The van der Waals surface area contributed by atoms with Crippen molar-refractivity contribution in [1.29, 1.82) is 0 Å². The van der Waals surface area contributed by atoms with E-state index in [1.54, 1.807) is 0 Å². The molecule has 0 aliphatic carbocycles. The molecule has 0 saturated heterocycles. The minimum atomic E-state index is -1.51. The molecule has 0 atom stereocenters. The number of halogens is 3. The largest absolute Gasteiger partial charge is 0.476 e. The Labute approximate surface area is 111 Å². The lowest BCUT2D eigenvalue weighted by atomic mass is 10.0. The first kappa shape index (κ1) is 13.9. The first-order chi connectivity index (χ1) is 9.34. The zero-order chi connectivity index (χ0) is 15.0. The Hall–Kier alpha value is -2.57. The van der Waals surface area contributed by atoms with Crippen LogP contribution in [0.5, 0.6) is 0 Å². The molecular weight excluding hydrogens is 273 g/mol. The molecule has 1 aromatic heterocycles. The molecule has 0 bridgehead atoms. The van der Waals surface area contributed by atoms with Gasteiger partial charge in [-0.15, -0.1) is 0 Å². The maximum absolute atomic E-state index is 14.1. The van der Waals surface area contributed by atoms with Crippen LogP contribution < -0.4 is 5.73 Å². The van der Waals surface area contributed by atoms with E-state index in [-0.39, 0.29) is 11.3 Å². The van der Waals surface area contributed by atoms with Crippen molar-refractivity contribution in [2.24, 2.45) is 0 Å². The first-order valence-electron chi connectivity index (χ1n) is 5.47. The van der Waals surface area contributed by atoms with Gasteiger partial charge in [0.05, 0.1) is 11.3 Å².